The van der Waals surface area contributed by atoms with E-state index in [0.29, 0.717) is 0 Å². The maximum absolute atomic E-state index is 3.52. The molecule has 0 aliphatic carbocycles. The normalized spacial score (nSPS) is 13.0. The van der Waals surface area contributed by atoms with Crippen LogP contribution in [0.25, 0.3) is 0 Å². The van der Waals surface area contributed by atoms with E-state index >= 15 is 0 Å². The van der Waals surface area contributed by atoms with Crippen LogP contribution in [0.15, 0.2) is 48.5 Å². The van der Waals surface area contributed by atoms with Gasteiger partial charge in [-0.05, 0) is 0 Å². The van der Waals surface area contributed by atoms with Crippen molar-refractivity contribution in [1.82, 2.24) is 0 Å². The van der Waals surface area contributed by atoms with Crippen LogP contribution in [0.1, 0.15) is 63.8 Å². The molecule has 0 amide bonds. The van der Waals surface area contributed by atoms with Crippen molar-refractivity contribution < 1.29 is 0 Å². The number of hydrogen-bond donors (Lipinski definition) is 0. The predicted octanol–water partition coefficient (Wildman–Crippen LogP) is 6.25. The van der Waals surface area contributed by atoms with Gasteiger partial charge in [0.15, 0.2) is 0 Å². The van der Waals surface area contributed by atoms with Crippen LogP contribution in [0.2, 0.25) is 0 Å². The molecule has 3 heteroatoms. The number of hydrogen-bond acceptors (Lipinski definition) is 0. The van der Waals surface area contributed by atoms with E-state index in [-0.39, 0.29) is 10.8 Å². The first-order valence-electron chi connectivity index (χ1n) is 9.85. The van der Waals surface area contributed by atoms with Crippen LogP contribution in [0.5, 0.6) is 0 Å². The van der Waals surface area contributed by atoms with Crippen molar-refractivity contribution in [2.24, 2.45) is 0 Å². The number of rotatable bonds is 6. The van der Waals surface area contributed by atoms with Crippen molar-refractivity contribution in [2.45, 2.75) is 65.2 Å². The summed E-state index contributed by atoms with van der Waals surface area (Å²) in [4.78, 5) is 0. The molecule has 0 fully saturated rings. The van der Waals surface area contributed by atoms with Gasteiger partial charge in [0.05, 0.1) is 0 Å². The summed E-state index contributed by atoms with van der Waals surface area (Å²) in [6, 6.07) is 18.4. The maximum atomic E-state index is 3.52. The Morgan fingerprint density at radius 1 is 0.667 bits per heavy atom. The van der Waals surface area contributed by atoms with Gasteiger partial charge in [-0.3, -0.25) is 0 Å². The van der Waals surface area contributed by atoms with E-state index < -0.39 is 4.64 Å². The van der Waals surface area contributed by atoms with Gasteiger partial charge in [-0.1, -0.05) is 0 Å². The monoisotopic (exact) mass is 513 g/mol. The van der Waals surface area contributed by atoms with Crippen molar-refractivity contribution >= 4 is 35.8 Å². The van der Waals surface area contributed by atoms with Crippen molar-refractivity contribution in [1.29, 1.82) is 0 Å². The van der Waals surface area contributed by atoms with Crippen LogP contribution in [0.3, 0.4) is 0 Å². The Hall–Kier alpha value is -0.0910. The summed E-state index contributed by atoms with van der Waals surface area (Å²) in [6.45, 7) is 13.6. The first-order valence-corrected chi connectivity index (χ1v) is 16.4. The minimum atomic E-state index is -1.11. The molecule has 0 bridgehead atoms. The third-order valence-corrected chi connectivity index (χ3v) is 11.5. The second kappa shape index (κ2) is 9.15. The average Bonchev–Trinajstić information content (AvgIpc) is 2.58. The summed E-state index contributed by atoms with van der Waals surface area (Å²) in [5, 5.41) is 0. The molecule has 0 saturated heterocycles. The van der Waals surface area contributed by atoms with E-state index in [4.69, 9.17) is 0 Å². The Kier molecular flexibility index (Phi) is 7.86. The Bertz CT molecular complexity index is 653. The summed E-state index contributed by atoms with van der Waals surface area (Å²) < 4.78 is -1.11. The third-order valence-electron chi connectivity index (χ3n) is 5.12. The Balaban J connectivity index is 1.87. The average molecular weight is 511 g/mol. The van der Waals surface area contributed by atoms with E-state index in [2.05, 4.69) is 121 Å². The fourth-order valence-electron chi connectivity index (χ4n) is 3.05. The van der Waals surface area contributed by atoms with Crippen molar-refractivity contribution in [3.05, 3.63) is 70.8 Å². The number of benzene rings is 2. The zero-order chi connectivity index (χ0) is 20.3. The molecule has 2 rings (SSSR count). The number of aryl methyl sites for hydroxylation is 2. The molecule has 2 aromatic carbocycles. The molecule has 0 spiro atoms. The van der Waals surface area contributed by atoms with Gasteiger partial charge in [0.2, 0.25) is 0 Å². The molecule has 0 saturated carbocycles. The van der Waals surface area contributed by atoms with Crippen LogP contribution < -0.4 is 0 Å². The first-order chi connectivity index (χ1) is 12.4. The summed E-state index contributed by atoms with van der Waals surface area (Å²) >= 11 is 7.04. The molecule has 2 aromatic rings. The van der Waals surface area contributed by atoms with Gasteiger partial charge in [0, 0.05) is 0 Å². The summed E-state index contributed by atoms with van der Waals surface area (Å²) in [6.07, 6.45) is 4.78. The summed E-state index contributed by atoms with van der Waals surface area (Å²) in [7, 11) is 0. The van der Waals surface area contributed by atoms with Crippen LogP contribution in [0, 0.1) is 0 Å². The molecule has 0 aromatic heterocycles. The Morgan fingerprint density at radius 3 is 1.22 bits per heavy atom. The van der Waals surface area contributed by atoms with Gasteiger partial charge in [-0.25, -0.2) is 0 Å². The van der Waals surface area contributed by atoms with Gasteiger partial charge >= 0.3 is 184 Å². The zero-order valence-electron chi connectivity index (χ0n) is 17.7. The van der Waals surface area contributed by atoms with E-state index in [1.807, 2.05) is 0 Å². The van der Waals surface area contributed by atoms with E-state index in [1.54, 1.807) is 0 Å². The van der Waals surface area contributed by atoms with Crippen LogP contribution in [-0.4, -0.2) is 43.5 Å². The Labute approximate surface area is 183 Å². The van der Waals surface area contributed by atoms with Crippen molar-refractivity contribution in [3.63, 3.8) is 0 Å². The van der Waals surface area contributed by atoms with Gasteiger partial charge in [0.25, 0.3) is 0 Å². The second-order valence-corrected chi connectivity index (χ2v) is 24.5. The van der Waals surface area contributed by atoms with Crippen molar-refractivity contribution in [2.75, 3.05) is 12.3 Å². The SMILES string of the molecule is CC(C)(C)c1ccc(CC[P+]([Se])([Se-])CCc2ccc(C(C)(C)C)cc2)cc1. The summed E-state index contributed by atoms with van der Waals surface area (Å²) in [5.41, 5.74) is 6.19. The molecule has 0 heterocycles. The molecule has 0 N–H and O–H groups in total. The van der Waals surface area contributed by atoms with Crippen LogP contribution in [0.4, 0.5) is 0 Å². The van der Waals surface area contributed by atoms with Gasteiger partial charge in [-0.2, -0.15) is 0 Å². The third kappa shape index (κ3) is 7.68. The first kappa shape index (κ1) is 23.2. The predicted molar refractivity (Wildman–Crippen MR) is 126 cm³/mol. The molecule has 0 aliphatic rings. The molecule has 0 nitrogen and oxygen atoms in total. The molecule has 0 atom stereocenters. The molecule has 147 valence electrons. The van der Waals surface area contributed by atoms with Gasteiger partial charge in [0.1, 0.15) is 0 Å². The van der Waals surface area contributed by atoms with Crippen LogP contribution >= 0.6 is 4.64 Å². The molecular formula is C24H34PSe2. The topological polar surface area (TPSA) is 0 Å². The molecule has 0 unspecified atom stereocenters. The fraction of sp³-hybridized carbons (Fsp3) is 0.500. The molecule has 27 heavy (non-hydrogen) atoms. The van der Waals surface area contributed by atoms with E-state index in [0.717, 1.165) is 12.8 Å². The van der Waals surface area contributed by atoms with E-state index in [1.165, 1.54) is 34.6 Å². The second-order valence-electron chi connectivity index (χ2n) is 9.66. The minimum absolute atomic E-state index is 0.231. The Morgan fingerprint density at radius 2 is 0.963 bits per heavy atom. The van der Waals surface area contributed by atoms with E-state index in [9.17, 15) is 0 Å². The molecule has 0 aliphatic heterocycles. The quantitative estimate of drug-likeness (QED) is 0.318. The van der Waals surface area contributed by atoms with Gasteiger partial charge < -0.3 is 0 Å². The van der Waals surface area contributed by atoms with Crippen LogP contribution in [-0.2, 0) is 23.7 Å². The zero-order valence-corrected chi connectivity index (χ0v) is 22.0. The molecular weight excluding hydrogens is 477 g/mol. The molecule has 1 radical (unpaired) electrons. The van der Waals surface area contributed by atoms with Crippen molar-refractivity contribution in [3.8, 4) is 0 Å². The fourth-order valence-corrected chi connectivity index (χ4v) is 6.77. The standard InChI is InChI=1S/C24H34PSe2/c1-23(2,3)21-11-7-19(8-12-21)15-17-25(26,27)18-16-20-9-13-22(14-10-20)24(4,5)6/h7-14H,15-18H2,1-6H3. The summed E-state index contributed by atoms with van der Waals surface area (Å²) in [5.74, 6) is 0. The van der Waals surface area contributed by atoms with Gasteiger partial charge in [-0.15, -0.1) is 0 Å².